The maximum absolute atomic E-state index is 12.0. The molecule has 0 spiro atoms. The van der Waals surface area contributed by atoms with Gasteiger partial charge in [0.2, 0.25) is 11.8 Å². The fourth-order valence-corrected chi connectivity index (χ4v) is 2.27. The van der Waals surface area contributed by atoms with E-state index in [1.54, 1.807) is 25.1 Å². The molecule has 2 heterocycles. The summed E-state index contributed by atoms with van der Waals surface area (Å²) in [7, 11) is 1.39. The van der Waals surface area contributed by atoms with Crippen LogP contribution in [-0.2, 0) is 9.59 Å². The molecule has 0 aliphatic carbocycles. The number of imide groups is 1. The molecule has 1 saturated heterocycles. The molecule has 22 heavy (non-hydrogen) atoms. The first kappa shape index (κ1) is 14.1. The summed E-state index contributed by atoms with van der Waals surface area (Å²) in [5.74, 6) is -0.161. The number of amides is 4. The van der Waals surface area contributed by atoms with E-state index in [4.69, 9.17) is 4.42 Å². The molecule has 2 aromatic rings. The van der Waals surface area contributed by atoms with Crippen LogP contribution in [0.25, 0.3) is 11.1 Å². The first-order valence-corrected chi connectivity index (χ1v) is 6.66. The average molecular weight is 302 g/mol. The van der Waals surface area contributed by atoms with E-state index in [9.17, 15) is 14.4 Å². The summed E-state index contributed by atoms with van der Waals surface area (Å²) in [6, 6.07) is 4.63. The number of nitrogens with zero attached hydrogens (tertiary/aromatic N) is 3. The molecule has 8 nitrogen and oxygen atoms in total. The Morgan fingerprint density at radius 3 is 2.86 bits per heavy atom. The predicted molar refractivity (Wildman–Crippen MR) is 77.1 cm³/mol. The van der Waals surface area contributed by atoms with Gasteiger partial charge in [-0.25, -0.2) is 9.78 Å². The van der Waals surface area contributed by atoms with Gasteiger partial charge in [-0.05, 0) is 12.1 Å². The van der Waals surface area contributed by atoms with Crippen molar-refractivity contribution in [2.45, 2.75) is 6.92 Å². The highest BCUT2D eigenvalue weighted by Crippen LogP contribution is 2.20. The first-order chi connectivity index (χ1) is 10.4. The number of rotatable bonds is 3. The van der Waals surface area contributed by atoms with Crippen molar-refractivity contribution in [3.8, 4) is 0 Å². The largest absolute Gasteiger partial charge is 0.441 e. The van der Waals surface area contributed by atoms with Crippen LogP contribution in [0.2, 0.25) is 0 Å². The Balaban J connectivity index is 1.68. The number of nitrogens with one attached hydrogen (secondary N) is 1. The van der Waals surface area contributed by atoms with Crippen LogP contribution in [0.5, 0.6) is 0 Å². The number of carbonyl (C=O) groups excluding carboxylic acids is 3. The van der Waals surface area contributed by atoms with Crippen LogP contribution in [0, 0.1) is 6.92 Å². The summed E-state index contributed by atoms with van der Waals surface area (Å²) < 4.78 is 5.39. The van der Waals surface area contributed by atoms with Crippen molar-refractivity contribution in [2.24, 2.45) is 0 Å². The highest BCUT2D eigenvalue weighted by Gasteiger charge is 2.33. The number of hydrogen-bond acceptors (Lipinski definition) is 5. The van der Waals surface area contributed by atoms with Crippen molar-refractivity contribution in [3.63, 3.8) is 0 Å². The molecule has 1 fully saturated rings. The van der Waals surface area contributed by atoms with Gasteiger partial charge in [-0.1, -0.05) is 0 Å². The molecule has 1 aliphatic rings. The van der Waals surface area contributed by atoms with E-state index in [0.717, 1.165) is 4.90 Å². The minimum Gasteiger partial charge on any atom is -0.441 e. The number of aryl methyl sites for hydroxylation is 1. The van der Waals surface area contributed by atoms with Gasteiger partial charge in [0, 0.05) is 25.7 Å². The molecule has 1 aliphatic heterocycles. The third-order valence-electron chi connectivity index (χ3n) is 3.37. The number of likely N-dealkylation sites (N-methyl/N-ethyl adjacent to an activating group) is 1. The zero-order chi connectivity index (χ0) is 15.9. The summed E-state index contributed by atoms with van der Waals surface area (Å²) in [5, 5.41) is 2.67. The Hall–Kier alpha value is -2.90. The highest BCUT2D eigenvalue weighted by atomic mass is 16.3. The second kappa shape index (κ2) is 5.14. The van der Waals surface area contributed by atoms with Crippen molar-refractivity contribution >= 4 is 34.6 Å². The number of fused-ring (bicyclic) bond motifs is 1. The fourth-order valence-electron chi connectivity index (χ4n) is 2.27. The Morgan fingerprint density at radius 2 is 2.18 bits per heavy atom. The molecule has 1 N–H and O–H groups in total. The molecular formula is C14H14N4O4. The molecule has 8 heteroatoms. The van der Waals surface area contributed by atoms with Crippen LogP contribution in [0.15, 0.2) is 22.6 Å². The molecule has 0 saturated carbocycles. The van der Waals surface area contributed by atoms with E-state index in [-0.39, 0.29) is 24.9 Å². The molecule has 0 radical (unpaired) electrons. The SMILES string of the molecule is Cc1nc2ccc(NC(=O)CN3CC(=O)N(C)C3=O)cc2o1. The molecule has 3 rings (SSSR count). The second-order valence-corrected chi connectivity index (χ2v) is 5.05. The molecule has 1 aromatic heterocycles. The van der Waals surface area contributed by atoms with Crippen LogP contribution >= 0.6 is 0 Å². The number of anilines is 1. The van der Waals surface area contributed by atoms with E-state index in [0.29, 0.717) is 22.7 Å². The maximum Gasteiger partial charge on any atom is 0.327 e. The van der Waals surface area contributed by atoms with Crippen LogP contribution in [0.4, 0.5) is 10.5 Å². The number of carbonyl (C=O) groups is 3. The lowest BCUT2D eigenvalue weighted by Crippen LogP contribution is -2.36. The van der Waals surface area contributed by atoms with Crippen molar-refractivity contribution in [1.82, 2.24) is 14.8 Å². The predicted octanol–water partition coefficient (Wildman–Crippen LogP) is 0.969. The normalized spacial score (nSPS) is 15.0. The highest BCUT2D eigenvalue weighted by molar-refractivity contribution is 6.04. The summed E-state index contributed by atoms with van der Waals surface area (Å²) >= 11 is 0. The fraction of sp³-hybridized carbons (Fsp3) is 0.286. The zero-order valence-electron chi connectivity index (χ0n) is 12.1. The second-order valence-electron chi connectivity index (χ2n) is 5.05. The molecular weight excluding hydrogens is 288 g/mol. The topological polar surface area (TPSA) is 95.8 Å². The van der Waals surface area contributed by atoms with Gasteiger partial charge in [-0.3, -0.25) is 14.5 Å². The Bertz CT molecular complexity index is 782. The van der Waals surface area contributed by atoms with Gasteiger partial charge in [0.05, 0.1) is 0 Å². The molecule has 4 amide bonds. The minimum absolute atomic E-state index is 0.0803. The van der Waals surface area contributed by atoms with Crippen molar-refractivity contribution in [3.05, 3.63) is 24.1 Å². The van der Waals surface area contributed by atoms with Crippen LogP contribution < -0.4 is 5.32 Å². The third-order valence-corrected chi connectivity index (χ3v) is 3.37. The van der Waals surface area contributed by atoms with Gasteiger partial charge in [-0.15, -0.1) is 0 Å². The number of aromatic nitrogens is 1. The Kier molecular flexibility index (Phi) is 3.28. The number of oxazole rings is 1. The van der Waals surface area contributed by atoms with Gasteiger partial charge in [0.15, 0.2) is 11.5 Å². The van der Waals surface area contributed by atoms with Crippen LogP contribution in [0.3, 0.4) is 0 Å². The molecule has 0 bridgehead atoms. The zero-order valence-corrected chi connectivity index (χ0v) is 12.1. The van der Waals surface area contributed by atoms with Gasteiger partial charge in [-0.2, -0.15) is 0 Å². The van der Waals surface area contributed by atoms with Gasteiger partial charge < -0.3 is 14.6 Å². The first-order valence-electron chi connectivity index (χ1n) is 6.66. The van der Waals surface area contributed by atoms with Crippen molar-refractivity contribution in [1.29, 1.82) is 0 Å². The quantitative estimate of drug-likeness (QED) is 0.852. The summed E-state index contributed by atoms with van der Waals surface area (Å²) in [6.07, 6.45) is 0. The van der Waals surface area contributed by atoms with E-state index in [1.165, 1.54) is 11.9 Å². The van der Waals surface area contributed by atoms with Crippen molar-refractivity contribution in [2.75, 3.05) is 25.5 Å². The van der Waals surface area contributed by atoms with Crippen LogP contribution in [-0.4, -0.2) is 52.8 Å². The lowest BCUT2D eigenvalue weighted by atomic mass is 10.3. The van der Waals surface area contributed by atoms with Crippen molar-refractivity contribution < 1.29 is 18.8 Å². The minimum atomic E-state index is -0.471. The summed E-state index contributed by atoms with van der Waals surface area (Å²) in [6.45, 7) is 1.48. The van der Waals surface area contributed by atoms with E-state index in [2.05, 4.69) is 10.3 Å². The maximum atomic E-state index is 12.0. The number of benzene rings is 1. The van der Waals surface area contributed by atoms with E-state index < -0.39 is 6.03 Å². The lowest BCUT2D eigenvalue weighted by Gasteiger charge is -2.14. The Morgan fingerprint density at radius 1 is 1.41 bits per heavy atom. The average Bonchev–Trinajstić information content (AvgIpc) is 2.93. The molecule has 114 valence electrons. The number of hydrogen-bond donors (Lipinski definition) is 1. The van der Waals surface area contributed by atoms with Gasteiger partial charge >= 0.3 is 6.03 Å². The molecule has 0 unspecified atom stereocenters. The number of urea groups is 1. The molecule has 1 aromatic carbocycles. The smallest absolute Gasteiger partial charge is 0.327 e. The Labute approximate surface area is 125 Å². The van der Waals surface area contributed by atoms with Gasteiger partial charge in [0.1, 0.15) is 18.6 Å². The standard InChI is InChI=1S/C14H14N4O4/c1-8-15-10-4-3-9(5-11(10)22-8)16-12(19)6-18-7-13(20)17(2)14(18)21/h3-5H,6-7H2,1-2H3,(H,16,19). The summed E-state index contributed by atoms with van der Waals surface area (Å²) in [5.41, 5.74) is 1.82. The summed E-state index contributed by atoms with van der Waals surface area (Å²) in [4.78, 5) is 41.4. The third kappa shape index (κ3) is 2.50. The van der Waals surface area contributed by atoms with E-state index >= 15 is 0 Å². The monoisotopic (exact) mass is 302 g/mol. The molecule has 0 atom stereocenters. The lowest BCUT2D eigenvalue weighted by molar-refractivity contribution is -0.124. The van der Waals surface area contributed by atoms with Gasteiger partial charge in [0.25, 0.3) is 0 Å². The van der Waals surface area contributed by atoms with E-state index in [1.807, 2.05) is 0 Å². The van der Waals surface area contributed by atoms with Crippen LogP contribution in [0.1, 0.15) is 5.89 Å².